The number of nitrogens with one attached hydrogen (secondary N) is 1. The van der Waals surface area contributed by atoms with Gasteiger partial charge in [-0.2, -0.15) is 0 Å². The van der Waals surface area contributed by atoms with Crippen LogP contribution >= 0.6 is 11.3 Å². The zero-order chi connectivity index (χ0) is 18.4. The van der Waals surface area contributed by atoms with E-state index in [0.29, 0.717) is 24.1 Å². The van der Waals surface area contributed by atoms with Crippen LogP contribution in [0.3, 0.4) is 0 Å². The van der Waals surface area contributed by atoms with Gasteiger partial charge in [-0.25, -0.2) is 9.78 Å². The van der Waals surface area contributed by atoms with Gasteiger partial charge in [-0.05, 0) is 36.4 Å². The standard InChI is InChI=1S/C19H17N3O3S/c1-25-19(24)13-4-6-15(7-5-13)21-17(23)8-9-18-22-16(12-26-18)14-3-2-10-20-11-14/h2-7,10-12H,8-9H2,1H3,(H,21,23). The molecule has 3 rings (SSSR count). The summed E-state index contributed by atoms with van der Waals surface area (Å²) in [5, 5.41) is 5.68. The maximum atomic E-state index is 12.1. The fraction of sp³-hybridized carbons (Fsp3) is 0.158. The van der Waals surface area contributed by atoms with Crippen molar-refractivity contribution >= 4 is 28.9 Å². The second-order valence-corrected chi connectivity index (χ2v) is 6.43. The van der Waals surface area contributed by atoms with Crippen LogP contribution in [0.4, 0.5) is 5.69 Å². The smallest absolute Gasteiger partial charge is 0.337 e. The molecule has 132 valence electrons. The number of hydrogen-bond donors (Lipinski definition) is 1. The van der Waals surface area contributed by atoms with Crippen LogP contribution in [0, 0.1) is 0 Å². The van der Waals surface area contributed by atoms with E-state index < -0.39 is 5.97 Å². The Morgan fingerprint density at radius 1 is 1.19 bits per heavy atom. The van der Waals surface area contributed by atoms with E-state index in [4.69, 9.17) is 0 Å². The van der Waals surface area contributed by atoms with Crippen molar-refractivity contribution in [1.82, 2.24) is 9.97 Å². The Morgan fingerprint density at radius 3 is 2.69 bits per heavy atom. The van der Waals surface area contributed by atoms with Crippen molar-refractivity contribution in [2.24, 2.45) is 0 Å². The third-order valence-electron chi connectivity index (χ3n) is 3.66. The number of rotatable bonds is 6. The van der Waals surface area contributed by atoms with Crippen LogP contribution in [0.1, 0.15) is 21.8 Å². The molecule has 0 saturated heterocycles. The molecular weight excluding hydrogens is 350 g/mol. The Labute approximate surface area is 154 Å². The molecule has 1 amide bonds. The number of amides is 1. The molecule has 1 aromatic carbocycles. The molecule has 7 heteroatoms. The first kappa shape index (κ1) is 17.8. The molecule has 0 aliphatic heterocycles. The number of anilines is 1. The molecule has 0 bridgehead atoms. The summed E-state index contributed by atoms with van der Waals surface area (Å²) in [6.07, 6.45) is 4.39. The van der Waals surface area contributed by atoms with Gasteiger partial charge in [0.15, 0.2) is 0 Å². The lowest BCUT2D eigenvalue weighted by Crippen LogP contribution is -2.12. The molecule has 1 N–H and O–H groups in total. The predicted octanol–water partition coefficient (Wildman–Crippen LogP) is 3.56. The summed E-state index contributed by atoms with van der Waals surface area (Å²) in [6.45, 7) is 0. The molecule has 0 unspecified atom stereocenters. The fourth-order valence-electron chi connectivity index (χ4n) is 2.32. The topological polar surface area (TPSA) is 81.2 Å². The largest absolute Gasteiger partial charge is 0.465 e. The minimum Gasteiger partial charge on any atom is -0.465 e. The van der Waals surface area contributed by atoms with Gasteiger partial charge < -0.3 is 10.1 Å². The number of esters is 1. The number of hydrogen-bond acceptors (Lipinski definition) is 6. The second-order valence-electron chi connectivity index (χ2n) is 5.49. The fourth-order valence-corrected chi connectivity index (χ4v) is 3.13. The molecule has 2 heterocycles. The highest BCUT2D eigenvalue weighted by atomic mass is 32.1. The van der Waals surface area contributed by atoms with E-state index in [2.05, 4.69) is 20.0 Å². The van der Waals surface area contributed by atoms with Crippen LogP contribution < -0.4 is 5.32 Å². The first-order valence-electron chi connectivity index (χ1n) is 7.99. The highest BCUT2D eigenvalue weighted by molar-refractivity contribution is 7.09. The molecule has 2 aromatic heterocycles. The number of thiazole rings is 1. The Balaban J connectivity index is 1.53. The van der Waals surface area contributed by atoms with Gasteiger partial charge in [0.25, 0.3) is 0 Å². The van der Waals surface area contributed by atoms with Gasteiger partial charge in [0, 0.05) is 41.9 Å². The van der Waals surface area contributed by atoms with Gasteiger partial charge in [-0.3, -0.25) is 9.78 Å². The molecule has 0 spiro atoms. The molecule has 0 saturated carbocycles. The van der Waals surface area contributed by atoms with E-state index in [0.717, 1.165) is 16.3 Å². The van der Waals surface area contributed by atoms with Crippen molar-refractivity contribution in [3.8, 4) is 11.3 Å². The van der Waals surface area contributed by atoms with Crippen molar-refractivity contribution in [3.63, 3.8) is 0 Å². The Kier molecular flexibility index (Phi) is 5.70. The normalized spacial score (nSPS) is 10.3. The first-order valence-corrected chi connectivity index (χ1v) is 8.86. The van der Waals surface area contributed by atoms with Crippen LogP contribution in [-0.4, -0.2) is 29.0 Å². The van der Waals surface area contributed by atoms with Crippen LogP contribution in [0.25, 0.3) is 11.3 Å². The monoisotopic (exact) mass is 367 g/mol. The van der Waals surface area contributed by atoms with E-state index in [1.54, 1.807) is 36.7 Å². The van der Waals surface area contributed by atoms with E-state index in [1.165, 1.54) is 18.4 Å². The third kappa shape index (κ3) is 4.52. The number of methoxy groups -OCH3 is 1. The average molecular weight is 367 g/mol. The summed E-state index contributed by atoms with van der Waals surface area (Å²) in [6, 6.07) is 10.4. The maximum Gasteiger partial charge on any atom is 0.337 e. The van der Waals surface area contributed by atoms with Gasteiger partial charge >= 0.3 is 5.97 Å². The zero-order valence-electron chi connectivity index (χ0n) is 14.1. The van der Waals surface area contributed by atoms with Crippen LogP contribution in [0.2, 0.25) is 0 Å². The number of benzene rings is 1. The molecule has 3 aromatic rings. The lowest BCUT2D eigenvalue weighted by atomic mass is 10.2. The van der Waals surface area contributed by atoms with E-state index in [9.17, 15) is 9.59 Å². The lowest BCUT2D eigenvalue weighted by Gasteiger charge is -2.05. The predicted molar refractivity (Wildman–Crippen MR) is 100 cm³/mol. The van der Waals surface area contributed by atoms with Crippen LogP contribution in [-0.2, 0) is 16.0 Å². The van der Waals surface area contributed by atoms with Crippen LogP contribution in [0.5, 0.6) is 0 Å². The Bertz CT molecular complexity index is 892. The summed E-state index contributed by atoms with van der Waals surface area (Å²) in [4.78, 5) is 32.1. The lowest BCUT2D eigenvalue weighted by molar-refractivity contribution is -0.116. The van der Waals surface area contributed by atoms with Gasteiger partial charge in [-0.15, -0.1) is 11.3 Å². The molecule has 0 fully saturated rings. The highest BCUT2D eigenvalue weighted by Crippen LogP contribution is 2.21. The van der Waals surface area contributed by atoms with Crippen molar-refractivity contribution in [1.29, 1.82) is 0 Å². The quantitative estimate of drug-likeness (QED) is 0.674. The summed E-state index contributed by atoms with van der Waals surface area (Å²) in [7, 11) is 1.33. The molecule has 0 radical (unpaired) electrons. The number of carbonyl (C=O) groups excluding carboxylic acids is 2. The number of nitrogens with zero attached hydrogens (tertiary/aromatic N) is 2. The van der Waals surface area contributed by atoms with Crippen molar-refractivity contribution in [2.75, 3.05) is 12.4 Å². The summed E-state index contributed by atoms with van der Waals surface area (Å²) >= 11 is 1.53. The SMILES string of the molecule is COC(=O)c1ccc(NC(=O)CCc2nc(-c3cccnc3)cs2)cc1. The summed E-state index contributed by atoms with van der Waals surface area (Å²) in [5.41, 5.74) is 2.91. The molecule has 0 aliphatic carbocycles. The molecule has 0 aliphatic rings. The van der Waals surface area contributed by atoms with Gasteiger partial charge in [0.2, 0.25) is 5.91 Å². The number of aromatic nitrogens is 2. The molecular formula is C19H17N3O3S. The maximum absolute atomic E-state index is 12.1. The number of ether oxygens (including phenoxy) is 1. The number of aryl methyl sites for hydroxylation is 1. The van der Waals surface area contributed by atoms with Crippen LogP contribution in [0.15, 0.2) is 54.2 Å². The second kappa shape index (κ2) is 8.35. The van der Waals surface area contributed by atoms with Gasteiger partial charge in [-0.1, -0.05) is 0 Å². The highest BCUT2D eigenvalue weighted by Gasteiger charge is 2.09. The zero-order valence-corrected chi connectivity index (χ0v) is 15.0. The van der Waals surface area contributed by atoms with Crippen molar-refractivity contribution < 1.29 is 14.3 Å². The summed E-state index contributed by atoms with van der Waals surface area (Å²) < 4.78 is 4.64. The van der Waals surface area contributed by atoms with Gasteiger partial charge in [0.1, 0.15) is 0 Å². The minimum absolute atomic E-state index is 0.103. The Morgan fingerprint density at radius 2 is 2.00 bits per heavy atom. The molecule has 0 atom stereocenters. The number of pyridine rings is 1. The molecule has 6 nitrogen and oxygen atoms in total. The average Bonchev–Trinajstić information content (AvgIpc) is 3.16. The third-order valence-corrected chi connectivity index (χ3v) is 4.57. The first-order chi connectivity index (χ1) is 12.7. The van der Waals surface area contributed by atoms with Crippen molar-refractivity contribution in [2.45, 2.75) is 12.8 Å². The summed E-state index contributed by atoms with van der Waals surface area (Å²) in [5.74, 6) is -0.509. The van der Waals surface area contributed by atoms with E-state index >= 15 is 0 Å². The molecule has 26 heavy (non-hydrogen) atoms. The van der Waals surface area contributed by atoms with E-state index in [1.807, 2.05) is 17.5 Å². The van der Waals surface area contributed by atoms with Gasteiger partial charge in [0.05, 0.1) is 23.4 Å². The number of carbonyl (C=O) groups is 2. The van der Waals surface area contributed by atoms with Crippen molar-refractivity contribution in [3.05, 3.63) is 64.7 Å². The minimum atomic E-state index is -0.406. The Hall–Kier alpha value is -3.06. The van der Waals surface area contributed by atoms with E-state index in [-0.39, 0.29) is 5.91 Å².